The van der Waals surface area contributed by atoms with Crippen molar-refractivity contribution in [2.24, 2.45) is 0 Å². The molecule has 1 unspecified atom stereocenters. The SMILES string of the molecule is CCOP(=O)(C#Cc1cc(Cl)c(C(=O)OC)c(Cl)c1)c1cccc(OC)c1. The minimum Gasteiger partial charge on any atom is -0.497 e. The molecule has 1 atom stereocenters. The highest BCUT2D eigenvalue weighted by Crippen LogP contribution is 2.45. The summed E-state index contributed by atoms with van der Waals surface area (Å²) in [5.74, 6) is 2.66. The zero-order valence-electron chi connectivity index (χ0n) is 14.9. The van der Waals surface area contributed by atoms with Crippen LogP contribution < -0.4 is 10.0 Å². The lowest BCUT2D eigenvalue weighted by Gasteiger charge is -2.12. The van der Waals surface area contributed by atoms with Crippen molar-refractivity contribution < 1.29 is 23.4 Å². The molecule has 27 heavy (non-hydrogen) atoms. The van der Waals surface area contributed by atoms with E-state index in [-0.39, 0.29) is 22.2 Å². The van der Waals surface area contributed by atoms with E-state index in [1.807, 2.05) is 0 Å². The van der Waals surface area contributed by atoms with Gasteiger partial charge in [0, 0.05) is 5.56 Å². The van der Waals surface area contributed by atoms with E-state index in [2.05, 4.69) is 16.3 Å². The van der Waals surface area contributed by atoms with Crippen LogP contribution in [0.15, 0.2) is 36.4 Å². The van der Waals surface area contributed by atoms with E-state index in [4.69, 9.17) is 32.5 Å². The first-order valence-electron chi connectivity index (χ1n) is 7.84. The molecule has 0 saturated heterocycles. The van der Waals surface area contributed by atoms with E-state index < -0.39 is 13.3 Å². The summed E-state index contributed by atoms with van der Waals surface area (Å²) in [7, 11) is -0.715. The number of halogens is 2. The molecule has 0 fully saturated rings. The predicted molar refractivity (Wildman–Crippen MR) is 107 cm³/mol. The minimum atomic E-state index is -3.46. The number of ether oxygens (including phenoxy) is 2. The second kappa shape index (κ2) is 9.30. The summed E-state index contributed by atoms with van der Waals surface area (Å²) in [6.07, 6.45) is 0. The van der Waals surface area contributed by atoms with Crippen molar-refractivity contribution in [3.8, 4) is 17.3 Å². The van der Waals surface area contributed by atoms with Crippen LogP contribution in [0.5, 0.6) is 5.75 Å². The molecule has 0 aliphatic rings. The van der Waals surface area contributed by atoms with Crippen molar-refractivity contribution in [3.63, 3.8) is 0 Å². The molecule has 0 N–H and O–H groups in total. The van der Waals surface area contributed by atoms with Gasteiger partial charge in [-0.05, 0) is 42.9 Å². The highest BCUT2D eigenvalue weighted by Gasteiger charge is 2.24. The fourth-order valence-corrected chi connectivity index (χ4v) is 4.43. The topological polar surface area (TPSA) is 61.8 Å². The van der Waals surface area contributed by atoms with Crippen molar-refractivity contribution in [1.29, 1.82) is 0 Å². The fourth-order valence-electron chi connectivity index (χ4n) is 2.23. The summed E-state index contributed by atoms with van der Waals surface area (Å²) in [5.41, 5.74) is 3.13. The van der Waals surface area contributed by atoms with Gasteiger partial charge in [0.2, 0.25) is 0 Å². The van der Waals surface area contributed by atoms with E-state index in [9.17, 15) is 9.36 Å². The van der Waals surface area contributed by atoms with Gasteiger partial charge in [-0.25, -0.2) is 4.79 Å². The van der Waals surface area contributed by atoms with Gasteiger partial charge in [-0.3, -0.25) is 4.57 Å². The van der Waals surface area contributed by atoms with Crippen molar-refractivity contribution >= 4 is 41.8 Å². The molecule has 0 radical (unpaired) electrons. The first-order chi connectivity index (χ1) is 12.8. The summed E-state index contributed by atoms with van der Waals surface area (Å²) >= 11 is 12.2. The second-order valence-corrected chi connectivity index (χ2v) is 8.13. The van der Waals surface area contributed by atoms with Crippen molar-refractivity contribution in [2.75, 3.05) is 20.8 Å². The van der Waals surface area contributed by atoms with E-state index in [0.717, 1.165) is 0 Å². The smallest absolute Gasteiger partial charge is 0.340 e. The van der Waals surface area contributed by atoms with Crippen LogP contribution in [-0.4, -0.2) is 26.8 Å². The van der Waals surface area contributed by atoms with Crippen LogP contribution in [0.4, 0.5) is 0 Å². The molecule has 5 nitrogen and oxygen atoms in total. The van der Waals surface area contributed by atoms with Crippen molar-refractivity contribution in [3.05, 3.63) is 57.6 Å². The van der Waals surface area contributed by atoms with Gasteiger partial charge >= 0.3 is 13.3 Å². The number of hydrogen-bond acceptors (Lipinski definition) is 5. The Morgan fingerprint density at radius 1 is 1.15 bits per heavy atom. The molecule has 0 amide bonds. The molecule has 0 aliphatic carbocycles. The summed E-state index contributed by atoms with van der Waals surface area (Å²) in [6.45, 7) is 1.94. The predicted octanol–water partition coefficient (Wildman–Crippen LogP) is 4.74. The largest absolute Gasteiger partial charge is 0.497 e. The van der Waals surface area contributed by atoms with Gasteiger partial charge in [-0.15, -0.1) is 0 Å². The zero-order chi connectivity index (χ0) is 20.0. The Kier molecular flexibility index (Phi) is 7.35. The lowest BCUT2D eigenvalue weighted by molar-refractivity contribution is 0.0601. The van der Waals surface area contributed by atoms with Crippen LogP contribution in [0.1, 0.15) is 22.8 Å². The van der Waals surface area contributed by atoms with E-state index in [1.165, 1.54) is 26.4 Å². The van der Waals surface area contributed by atoms with Crippen molar-refractivity contribution in [2.45, 2.75) is 6.92 Å². The van der Waals surface area contributed by atoms with E-state index in [1.54, 1.807) is 31.2 Å². The number of rotatable bonds is 5. The fraction of sp³-hybridized carbons (Fsp3) is 0.211. The summed E-state index contributed by atoms with van der Waals surface area (Å²) in [4.78, 5) is 11.7. The Balaban J connectivity index is 2.48. The molecule has 0 aliphatic heterocycles. The lowest BCUT2D eigenvalue weighted by Crippen LogP contribution is -2.07. The Morgan fingerprint density at radius 2 is 1.81 bits per heavy atom. The Labute approximate surface area is 168 Å². The monoisotopic (exact) mass is 426 g/mol. The highest BCUT2D eigenvalue weighted by atomic mass is 35.5. The molecule has 142 valence electrons. The molecular weight excluding hydrogens is 410 g/mol. The summed E-state index contributed by atoms with van der Waals surface area (Å²) in [5, 5.41) is 0.595. The van der Waals surface area contributed by atoms with Crippen LogP contribution in [-0.2, 0) is 13.8 Å². The third-order valence-electron chi connectivity index (χ3n) is 3.48. The third kappa shape index (κ3) is 5.06. The second-order valence-electron chi connectivity index (χ2n) is 5.21. The van der Waals surface area contributed by atoms with Gasteiger partial charge in [0.1, 0.15) is 5.75 Å². The summed E-state index contributed by atoms with van der Waals surface area (Å²) < 4.78 is 28.5. The normalized spacial score (nSPS) is 12.5. The van der Waals surface area contributed by atoms with Crippen LogP contribution in [0.25, 0.3) is 0 Å². The van der Waals surface area contributed by atoms with E-state index >= 15 is 0 Å². The quantitative estimate of drug-likeness (QED) is 0.392. The first-order valence-corrected chi connectivity index (χ1v) is 10.2. The van der Waals surface area contributed by atoms with Gasteiger partial charge < -0.3 is 14.0 Å². The molecule has 2 aromatic rings. The van der Waals surface area contributed by atoms with Crippen LogP contribution >= 0.6 is 30.6 Å². The van der Waals surface area contributed by atoms with Gasteiger partial charge in [-0.1, -0.05) is 35.2 Å². The van der Waals surface area contributed by atoms with Crippen LogP contribution in [0, 0.1) is 11.6 Å². The molecule has 2 rings (SSSR count). The molecule has 8 heteroatoms. The van der Waals surface area contributed by atoms with Crippen LogP contribution in [0.2, 0.25) is 10.0 Å². The molecule has 0 bridgehead atoms. The minimum absolute atomic E-state index is 0.0483. The number of benzene rings is 2. The highest BCUT2D eigenvalue weighted by molar-refractivity contribution is 7.71. The van der Waals surface area contributed by atoms with Gasteiger partial charge in [0.15, 0.2) is 0 Å². The zero-order valence-corrected chi connectivity index (χ0v) is 17.3. The maximum Gasteiger partial charge on any atom is 0.340 e. The molecule has 0 heterocycles. The molecule has 0 aromatic heterocycles. The number of esters is 1. The van der Waals surface area contributed by atoms with Crippen LogP contribution in [0.3, 0.4) is 0 Å². The van der Waals surface area contributed by atoms with Crippen molar-refractivity contribution in [1.82, 2.24) is 0 Å². The van der Waals surface area contributed by atoms with Gasteiger partial charge in [0.25, 0.3) is 0 Å². The number of carbonyl (C=O) groups excluding carboxylic acids is 1. The maximum atomic E-state index is 13.3. The Morgan fingerprint density at radius 3 is 2.37 bits per heavy atom. The molecule has 0 spiro atoms. The maximum absolute atomic E-state index is 13.3. The number of carbonyl (C=O) groups is 1. The van der Waals surface area contributed by atoms with E-state index in [0.29, 0.717) is 16.6 Å². The van der Waals surface area contributed by atoms with Gasteiger partial charge in [0.05, 0.1) is 41.7 Å². The standard InChI is InChI=1S/C19H17Cl2O5P/c1-4-26-27(23,15-7-5-6-14(12-15)24-2)9-8-13-10-16(20)18(17(21)11-13)19(22)25-3/h5-7,10-12H,4H2,1-3H3. The molecule has 0 saturated carbocycles. The lowest BCUT2D eigenvalue weighted by atomic mass is 10.1. The first kappa shape index (κ1) is 21.3. The molecular formula is C19H17Cl2O5P. The van der Waals surface area contributed by atoms with Gasteiger partial charge in [-0.2, -0.15) is 0 Å². The average molecular weight is 427 g/mol. The Hall–Kier alpha value is -1.96. The average Bonchev–Trinajstić information content (AvgIpc) is 2.66. The number of methoxy groups -OCH3 is 2. The summed E-state index contributed by atoms with van der Waals surface area (Å²) in [6, 6.07) is 9.63. The molecule has 2 aromatic carbocycles. The number of hydrogen-bond donors (Lipinski definition) is 0. The third-order valence-corrected chi connectivity index (χ3v) is 6.07. The Bertz CT molecular complexity index is 939.